The lowest BCUT2D eigenvalue weighted by atomic mass is 9.68. The summed E-state index contributed by atoms with van der Waals surface area (Å²) in [5.74, 6) is -1.69. The Morgan fingerprint density at radius 1 is 1.24 bits per heavy atom. The Morgan fingerprint density at radius 2 is 1.91 bits per heavy atom. The Bertz CT molecular complexity index is 1290. The number of ketones is 1. The Morgan fingerprint density at radius 3 is 2.52 bits per heavy atom. The van der Waals surface area contributed by atoms with Crippen molar-refractivity contribution in [2.24, 2.45) is 11.1 Å². The number of Topliss-reactive ketones (excluding diaryl/α,β-unsaturated/α-hetero) is 1. The van der Waals surface area contributed by atoms with Crippen LogP contribution in [-0.2, 0) is 4.79 Å². The summed E-state index contributed by atoms with van der Waals surface area (Å²) in [7, 11) is 0. The van der Waals surface area contributed by atoms with Crippen LogP contribution in [0.2, 0.25) is 0 Å². The number of hydrogen-bond acceptors (Lipinski definition) is 6. The van der Waals surface area contributed by atoms with Gasteiger partial charge in [-0.25, -0.2) is 0 Å². The number of carbonyl (C=O) groups is 1. The standard InChI is InChI=1S/C24H20BrFN4O3/c1-24(2)10-19-22(20(31)11-24)21(13-3-5-14(25)6-4-13)16(12-27)23(28)29(19)15-7-8-17(26)18(9-15)30(32)33/h3-9,21H,10-11,28H2,1-2H3. The number of nitrogens with two attached hydrogens (primary N) is 1. The Hall–Kier alpha value is -3.51. The van der Waals surface area contributed by atoms with E-state index in [9.17, 15) is 24.6 Å². The number of allylic oxidation sites excluding steroid dienone is 3. The van der Waals surface area contributed by atoms with E-state index in [4.69, 9.17) is 5.73 Å². The molecule has 0 saturated heterocycles. The number of benzene rings is 2. The van der Waals surface area contributed by atoms with Crippen molar-refractivity contribution < 1.29 is 14.1 Å². The largest absolute Gasteiger partial charge is 0.384 e. The first-order valence-corrected chi connectivity index (χ1v) is 11.0. The van der Waals surface area contributed by atoms with Crippen molar-refractivity contribution >= 4 is 33.1 Å². The van der Waals surface area contributed by atoms with Gasteiger partial charge in [0.2, 0.25) is 5.82 Å². The van der Waals surface area contributed by atoms with Crippen molar-refractivity contribution in [2.75, 3.05) is 4.90 Å². The van der Waals surface area contributed by atoms with Crippen LogP contribution in [0.25, 0.3) is 0 Å². The lowest BCUT2D eigenvalue weighted by Crippen LogP contribution is -2.42. The SMILES string of the molecule is CC1(C)CC(=O)C2=C(C1)N(c1ccc(F)c([N+](=O)[O-])c1)C(N)=C(C#N)C2c1ccc(Br)cc1. The van der Waals surface area contributed by atoms with Crippen LogP contribution in [0.4, 0.5) is 15.8 Å². The average molecular weight is 511 g/mol. The second kappa shape index (κ2) is 8.12. The molecule has 1 aliphatic heterocycles. The molecule has 2 aromatic rings. The van der Waals surface area contributed by atoms with Crippen LogP contribution >= 0.6 is 15.9 Å². The van der Waals surface area contributed by atoms with Crippen molar-refractivity contribution in [3.8, 4) is 6.07 Å². The third kappa shape index (κ3) is 3.91. The van der Waals surface area contributed by atoms with Crippen LogP contribution in [0.15, 0.2) is 69.6 Å². The number of halogens is 2. The van der Waals surface area contributed by atoms with Gasteiger partial charge in [0.1, 0.15) is 5.82 Å². The average Bonchev–Trinajstić information content (AvgIpc) is 2.73. The molecular formula is C24H20BrFN4O3. The van der Waals surface area contributed by atoms with Gasteiger partial charge in [0, 0.05) is 28.2 Å². The molecule has 0 spiro atoms. The molecule has 0 aromatic heterocycles. The number of hydrogen-bond donors (Lipinski definition) is 1. The molecule has 1 unspecified atom stereocenters. The highest BCUT2D eigenvalue weighted by atomic mass is 79.9. The quantitative estimate of drug-likeness (QED) is 0.434. The summed E-state index contributed by atoms with van der Waals surface area (Å²) in [6.07, 6.45) is 0.737. The molecule has 0 fully saturated rings. The second-order valence-corrected chi connectivity index (χ2v) is 9.84. The number of nitro benzene ring substituents is 1. The van der Waals surface area contributed by atoms with Gasteiger partial charge in [0.25, 0.3) is 0 Å². The van der Waals surface area contributed by atoms with Gasteiger partial charge < -0.3 is 5.73 Å². The molecular weight excluding hydrogens is 491 g/mol. The summed E-state index contributed by atoms with van der Waals surface area (Å²) in [6, 6.07) is 12.9. The van der Waals surface area contributed by atoms with Crippen LogP contribution in [0, 0.1) is 32.7 Å². The minimum absolute atomic E-state index is 0.0653. The molecule has 168 valence electrons. The zero-order valence-electron chi connectivity index (χ0n) is 17.9. The third-order valence-electron chi connectivity index (χ3n) is 5.97. The fourth-order valence-electron chi connectivity index (χ4n) is 4.57. The van der Waals surface area contributed by atoms with Crippen LogP contribution < -0.4 is 10.6 Å². The lowest BCUT2D eigenvalue weighted by Gasteiger charge is -2.43. The summed E-state index contributed by atoms with van der Waals surface area (Å²) in [5, 5.41) is 21.4. The first-order chi connectivity index (χ1) is 15.5. The summed E-state index contributed by atoms with van der Waals surface area (Å²) in [4.78, 5) is 25.5. The van der Waals surface area contributed by atoms with Crippen molar-refractivity contribution in [3.05, 3.63) is 91.1 Å². The highest BCUT2D eigenvalue weighted by Crippen LogP contribution is 2.50. The second-order valence-electron chi connectivity index (χ2n) is 8.92. The summed E-state index contributed by atoms with van der Waals surface area (Å²) in [5.41, 5.74) is 7.52. The monoisotopic (exact) mass is 510 g/mol. The van der Waals surface area contributed by atoms with E-state index in [2.05, 4.69) is 22.0 Å². The van der Waals surface area contributed by atoms with Gasteiger partial charge in [0.05, 0.1) is 28.2 Å². The van der Waals surface area contributed by atoms with Crippen molar-refractivity contribution in [3.63, 3.8) is 0 Å². The number of nitrogens with zero attached hydrogens (tertiary/aromatic N) is 3. The van der Waals surface area contributed by atoms with Crippen LogP contribution in [0.3, 0.4) is 0 Å². The smallest absolute Gasteiger partial charge is 0.306 e. The number of nitriles is 1. The van der Waals surface area contributed by atoms with Crippen molar-refractivity contribution in [1.29, 1.82) is 5.26 Å². The minimum Gasteiger partial charge on any atom is -0.384 e. The van der Waals surface area contributed by atoms with Crippen molar-refractivity contribution in [1.82, 2.24) is 0 Å². The molecule has 2 aromatic carbocycles. The fourth-order valence-corrected chi connectivity index (χ4v) is 4.84. The zero-order chi connectivity index (χ0) is 24.1. The predicted molar refractivity (Wildman–Crippen MR) is 124 cm³/mol. The molecule has 2 aliphatic rings. The third-order valence-corrected chi connectivity index (χ3v) is 6.50. The lowest BCUT2D eigenvalue weighted by molar-refractivity contribution is -0.387. The Labute approximate surface area is 198 Å². The Balaban J connectivity index is 2.00. The number of carbonyl (C=O) groups excluding carboxylic acids is 1. The van der Waals surface area contributed by atoms with Crippen LogP contribution in [0.5, 0.6) is 0 Å². The van der Waals surface area contributed by atoms with Crippen LogP contribution in [-0.4, -0.2) is 10.7 Å². The molecule has 7 nitrogen and oxygen atoms in total. The maximum Gasteiger partial charge on any atom is 0.306 e. The number of anilines is 1. The van der Waals surface area contributed by atoms with Gasteiger partial charge in [-0.3, -0.25) is 19.8 Å². The van der Waals surface area contributed by atoms with E-state index >= 15 is 0 Å². The van der Waals surface area contributed by atoms with E-state index in [0.29, 0.717) is 17.7 Å². The topological polar surface area (TPSA) is 113 Å². The van der Waals surface area contributed by atoms with E-state index < -0.39 is 27.8 Å². The molecule has 0 saturated carbocycles. The van der Waals surface area contributed by atoms with E-state index in [0.717, 1.165) is 22.2 Å². The van der Waals surface area contributed by atoms with Gasteiger partial charge in [-0.2, -0.15) is 9.65 Å². The first kappa shape index (κ1) is 22.7. The summed E-state index contributed by atoms with van der Waals surface area (Å²) < 4.78 is 14.9. The van der Waals surface area contributed by atoms with Gasteiger partial charge in [-0.05, 0) is 41.7 Å². The molecule has 0 bridgehead atoms. The predicted octanol–water partition coefficient (Wildman–Crippen LogP) is 5.44. The minimum atomic E-state index is -0.981. The molecule has 1 atom stereocenters. The number of nitro groups is 1. The number of rotatable bonds is 3. The fraction of sp³-hybridized carbons (Fsp3) is 0.250. The molecule has 4 rings (SSSR count). The maximum absolute atomic E-state index is 14.0. The van der Waals surface area contributed by atoms with Gasteiger partial charge in [-0.15, -0.1) is 0 Å². The molecule has 9 heteroatoms. The Kier molecular flexibility index (Phi) is 5.58. The van der Waals surface area contributed by atoms with Crippen LogP contribution in [0.1, 0.15) is 38.2 Å². The first-order valence-electron chi connectivity index (χ1n) is 10.2. The maximum atomic E-state index is 14.0. The summed E-state index contributed by atoms with van der Waals surface area (Å²) in [6.45, 7) is 3.91. The van der Waals surface area contributed by atoms with Gasteiger partial charge >= 0.3 is 5.69 Å². The van der Waals surface area contributed by atoms with Crippen molar-refractivity contribution in [2.45, 2.75) is 32.6 Å². The highest BCUT2D eigenvalue weighted by molar-refractivity contribution is 9.10. The molecule has 1 aliphatic carbocycles. The molecule has 0 amide bonds. The molecule has 33 heavy (non-hydrogen) atoms. The van der Waals surface area contributed by atoms with E-state index in [-0.39, 0.29) is 29.3 Å². The van der Waals surface area contributed by atoms with E-state index in [1.54, 1.807) is 0 Å². The normalized spacial score (nSPS) is 19.9. The summed E-state index contributed by atoms with van der Waals surface area (Å²) >= 11 is 3.40. The van der Waals surface area contributed by atoms with E-state index in [1.165, 1.54) is 11.0 Å². The van der Waals surface area contributed by atoms with E-state index in [1.807, 2.05) is 38.1 Å². The highest BCUT2D eigenvalue weighted by Gasteiger charge is 2.44. The molecule has 2 N–H and O–H groups in total. The molecule has 1 heterocycles. The zero-order valence-corrected chi connectivity index (χ0v) is 19.5. The van der Waals surface area contributed by atoms with Gasteiger partial charge in [0.15, 0.2) is 5.78 Å². The molecule has 0 radical (unpaired) electrons. The van der Waals surface area contributed by atoms with Gasteiger partial charge in [-0.1, -0.05) is 41.9 Å².